The van der Waals surface area contributed by atoms with Crippen LogP contribution in [0.1, 0.15) is 0 Å². The Labute approximate surface area is 76.7 Å². The first-order valence-electron chi connectivity index (χ1n) is 2.50. The molecule has 0 unspecified atom stereocenters. The van der Waals surface area contributed by atoms with Crippen molar-refractivity contribution in [3.8, 4) is 0 Å². The monoisotopic (exact) mass is 238 g/mol. The van der Waals surface area contributed by atoms with E-state index in [1.165, 1.54) is 0 Å². The molecule has 1 aromatic carbocycles. The molecule has 4 heteroatoms. The highest BCUT2D eigenvalue weighted by molar-refractivity contribution is 9.10. The molecule has 0 atom stereocenters. The number of halogens is 2. The summed E-state index contributed by atoms with van der Waals surface area (Å²) in [5.74, 6) is 0. The van der Waals surface area contributed by atoms with Gasteiger partial charge in [0.2, 0.25) is 0 Å². The molecule has 0 bridgehead atoms. The number of rotatable bonds is 1. The van der Waals surface area contributed by atoms with E-state index in [0.717, 1.165) is 4.47 Å². The van der Waals surface area contributed by atoms with Crippen LogP contribution in [0, 0.1) is 0 Å². The fourth-order valence-corrected chi connectivity index (χ4v) is 1.60. The Bertz CT molecular complexity index is 241. The van der Waals surface area contributed by atoms with E-state index in [4.69, 9.17) is 16.2 Å². The zero-order valence-electron chi connectivity index (χ0n) is 4.84. The minimum absolute atomic E-state index is 0.557. The zero-order valence-corrected chi connectivity index (χ0v) is 8.00. The van der Waals surface area contributed by atoms with Crippen LogP contribution in [0.5, 0.6) is 0 Å². The Hall–Kier alpha value is 0.300. The number of benzene rings is 1. The minimum atomic E-state index is 0.557. The van der Waals surface area contributed by atoms with Crippen molar-refractivity contribution < 1.29 is 4.55 Å². The molecule has 10 heavy (non-hydrogen) atoms. The first-order chi connectivity index (χ1) is 4.74. The van der Waals surface area contributed by atoms with Crippen LogP contribution >= 0.6 is 39.6 Å². The lowest BCUT2D eigenvalue weighted by atomic mass is 10.4. The van der Waals surface area contributed by atoms with Gasteiger partial charge in [0.05, 0.1) is 9.92 Å². The van der Waals surface area contributed by atoms with Crippen molar-refractivity contribution in [1.29, 1.82) is 0 Å². The normalized spacial score (nSPS) is 9.90. The van der Waals surface area contributed by atoms with Crippen LogP contribution in [0.25, 0.3) is 0 Å². The predicted molar refractivity (Wildman–Crippen MR) is 47.6 cm³/mol. The molecule has 0 aromatic heterocycles. The van der Waals surface area contributed by atoms with Crippen molar-refractivity contribution in [3.05, 3.63) is 27.7 Å². The molecule has 54 valence electrons. The average Bonchev–Trinajstić information content (AvgIpc) is 1.88. The fourth-order valence-electron chi connectivity index (χ4n) is 0.549. The van der Waals surface area contributed by atoms with E-state index in [-0.39, 0.29) is 0 Å². The third-order valence-electron chi connectivity index (χ3n) is 0.992. The van der Waals surface area contributed by atoms with Crippen LogP contribution in [-0.2, 0) is 0 Å². The van der Waals surface area contributed by atoms with Gasteiger partial charge in [-0.2, -0.15) is 0 Å². The summed E-state index contributed by atoms with van der Waals surface area (Å²) >= 11 is 9.62. The molecule has 0 aliphatic carbocycles. The van der Waals surface area contributed by atoms with Gasteiger partial charge in [-0.05, 0) is 18.2 Å². The molecule has 1 N–H and O–H groups in total. The van der Waals surface area contributed by atoms with Crippen LogP contribution in [0.4, 0.5) is 0 Å². The largest absolute Gasteiger partial charge is 0.325 e. The van der Waals surface area contributed by atoms with Gasteiger partial charge in [0.1, 0.15) is 0 Å². The van der Waals surface area contributed by atoms with Gasteiger partial charge < -0.3 is 4.55 Å². The predicted octanol–water partition coefficient (Wildman–Crippen LogP) is 3.67. The molecule has 0 aliphatic heterocycles. The van der Waals surface area contributed by atoms with E-state index >= 15 is 0 Å². The lowest BCUT2D eigenvalue weighted by Gasteiger charge is -1.97. The lowest BCUT2D eigenvalue weighted by molar-refractivity contribution is 0.664. The summed E-state index contributed by atoms with van der Waals surface area (Å²) in [6, 6.07) is 5.31. The van der Waals surface area contributed by atoms with Gasteiger partial charge in [-0.1, -0.05) is 27.5 Å². The molecule has 1 nitrogen and oxygen atoms in total. The maximum atomic E-state index is 8.63. The molecule has 1 rings (SSSR count). The molecule has 0 fully saturated rings. The molecule has 0 amide bonds. The molecule has 0 saturated heterocycles. The Morgan fingerprint density at radius 2 is 2.20 bits per heavy atom. The highest BCUT2D eigenvalue weighted by atomic mass is 79.9. The van der Waals surface area contributed by atoms with Crippen molar-refractivity contribution in [2.75, 3.05) is 0 Å². The summed E-state index contributed by atoms with van der Waals surface area (Å²) in [7, 11) is 0. The second-order valence-electron chi connectivity index (χ2n) is 1.67. The molecular weight excluding hydrogens is 235 g/mol. The van der Waals surface area contributed by atoms with Crippen LogP contribution in [0.2, 0.25) is 5.02 Å². The highest BCUT2D eigenvalue weighted by Crippen LogP contribution is 2.27. The van der Waals surface area contributed by atoms with E-state index < -0.39 is 0 Å². The van der Waals surface area contributed by atoms with E-state index in [2.05, 4.69) is 15.9 Å². The Kier molecular flexibility index (Phi) is 3.04. The van der Waals surface area contributed by atoms with Gasteiger partial charge in [0, 0.05) is 16.5 Å². The summed E-state index contributed by atoms with van der Waals surface area (Å²) in [4.78, 5) is 0.671. The van der Waals surface area contributed by atoms with Crippen molar-refractivity contribution in [1.82, 2.24) is 0 Å². The standard InChI is InChI=1S/C6H4BrClOS/c7-4-1-2-6(10-9)5(8)3-4/h1-3,9H. The molecule has 0 saturated carbocycles. The first kappa shape index (κ1) is 8.40. The summed E-state index contributed by atoms with van der Waals surface area (Å²) in [6.07, 6.45) is 0. The van der Waals surface area contributed by atoms with E-state index in [1.807, 2.05) is 6.07 Å². The Morgan fingerprint density at radius 1 is 1.50 bits per heavy atom. The molecular formula is C6H4BrClOS. The van der Waals surface area contributed by atoms with Gasteiger partial charge in [-0.25, -0.2) is 0 Å². The smallest absolute Gasteiger partial charge is 0.0576 e. The maximum absolute atomic E-state index is 8.63. The summed E-state index contributed by atoms with van der Waals surface area (Å²) in [6.45, 7) is 0. The quantitative estimate of drug-likeness (QED) is 0.755. The van der Waals surface area contributed by atoms with E-state index in [1.54, 1.807) is 12.1 Å². The average molecular weight is 240 g/mol. The Morgan fingerprint density at radius 3 is 2.70 bits per heavy atom. The fraction of sp³-hybridized carbons (Fsp3) is 0. The topological polar surface area (TPSA) is 20.2 Å². The lowest BCUT2D eigenvalue weighted by Crippen LogP contribution is -1.71. The SMILES string of the molecule is OSc1ccc(Br)cc1Cl. The summed E-state index contributed by atoms with van der Waals surface area (Å²) < 4.78 is 9.54. The van der Waals surface area contributed by atoms with Gasteiger partial charge >= 0.3 is 0 Å². The third kappa shape index (κ3) is 1.89. The third-order valence-corrected chi connectivity index (χ3v) is 2.46. The van der Waals surface area contributed by atoms with Gasteiger partial charge in [-0.15, -0.1) is 0 Å². The maximum Gasteiger partial charge on any atom is 0.0576 e. The van der Waals surface area contributed by atoms with Crippen LogP contribution in [0.3, 0.4) is 0 Å². The van der Waals surface area contributed by atoms with Crippen LogP contribution in [-0.4, -0.2) is 4.55 Å². The summed E-state index contributed by atoms with van der Waals surface area (Å²) in [5.41, 5.74) is 0. The second kappa shape index (κ2) is 3.62. The van der Waals surface area contributed by atoms with E-state index in [9.17, 15) is 0 Å². The molecule has 1 aromatic rings. The van der Waals surface area contributed by atoms with Gasteiger partial charge in [-0.3, -0.25) is 0 Å². The van der Waals surface area contributed by atoms with Crippen LogP contribution < -0.4 is 0 Å². The molecule has 0 aliphatic rings. The van der Waals surface area contributed by atoms with Crippen LogP contribution in [0.15, 0.2) is 27.6 Å². The number of hydrogen-bond acceptors (Lipinski definition) is 2. The van der Waals surface area contributed by atoms with Gasteiger partial charge in [0.25, 0.3) is 0 Å². The van der Waals surface area contributed by atoms with Crippen molar-refractivity contribution in [2.24, 2.45) is 0 Å². The highest BCUT2D eigenvalue weighted by Gasteiger charge is 1.98. The van der Waals surface area contributed by atoms with Crippen molar-refractivity contribution >= 4 is 39.6 Å². The second-order valence-corrected chi connectivity index (χ2v) is 3.61. The molecule has 0 radical (unpaired) electrons. The molecule has 0 spiro atoms. The van der Waals surface area contributed by atoms with Gasteiger partial charge in [0.15, 0.2) is 0 Å². The zero-order chi connectivity index (χ0) is 7.56. The first-order valence-corrected chi connectivity index (χ1v) is 4.45. The molecule has 0 heterocycles. The minimum Gasteiger partial charge on any atom is -0.325 e. The number of hydrogen-bond donors (Lipinski definition) is 1. The summed E-state index contributed by atoms with van der Waals surface area (Å²) in [5, 5.41) is 0.557. The van der Waals surface area contributed by atoms with Crippen molar-refractivity contribution in [2.45, 2.75) is 4.90 Å². The Balaban J connectivity index is 3.07. The van der Waals surface area contributed by atoms with E-state index in [0.29, 0.717) is 22.0 Å². The van der Waals surface area contributed by atoms with Crippen molar-refractivity contribution in [3.63, 3.8) is 0 Å².